The minimum Gasteiger partial charge on any atom is -0.384 e. The van der Waals surface area contributed by atoms with Gasteiger partial charge in [-0.2, -0.15) is 0 Å². The third kappa shape index (κ3) is 5.73. The summed E-state index contributed by atoms with van der Waals surface area (Å²) in [6.07, 6.45) is 4.21. The highest BCUT2D eigenvalue weighted by atomic mass is 16.5. The van der Waals surface area contributed by atoms with Crippen molar-refractivity contribution in [2.75, 3.05) is 32.1 Å². The lowest BCUT2D eigenvalue weighted by molar-refractivity contribution is -0.133. The summed E-state index contributed by atoms with van der Waals surface area (Å²) in [5.74, 6) is 2.90. The van der Waals surface area contributed by atoms with E-state index in [4.69, 9.17) is 9.72 Å². The Labute approximate surface area is 172 Å². The van der Waals surface area contributed by atoms with Crippen molar-refractivity contribution >= 4 is 17.5 Å². The van der Waals surface area contributed by atoms with Crippen molar-refractivity contribution in [1.29, 1.82) is 0 Å². The summed E-state index contributed by atoms with van der Waals surface area (Å²) in [5, 5.41) is 3.32. The van der Waals surface area contributed by atoms with E-state index in [9.17, 15) is 4.79 Å². The molecule has 7 heteroatoms. The van der Waals surface area contributed by atoms with Crippen molar-refractivity contribution < 1.29 is 9.53 Å². The van der Waals surface area contributed by atoms with E-state index in [0.717, 1.165) is 48.1 Å². The van der Waals surface area contributed by atoms with Crippen LogP contribution in [0.3, 0.4) is 0 Å². The minimum atomic E-state index is 0.150. The highest BCUT2D eigenvalue weighted by Crippen LogP contribution is 2.29. The van der Waals surface area contributed by atoms with Gasteiger partial charge in [0.25, 0.3) is 0 Å². The molecule has 0 saturated carbocycles. The SMILES string of the molecule is COCCC(=O)N1CCCC(c2cc(Nc3cc(C)ccn3)nc(C(C)C)n2)C1. The summed E-state index contributed by atoms with van der Waals surface area (Å²) in [6.45, 7) is 8.18. The quantitative estimate of drug-likeness (QED) is 0.766. The highest BCUT2D eigenvalue weighted by Gasteiger charge is 2.26. The number of carbonyl (C=O) groups is 1. The molecule has 7 nitrogen and oxygen atoms in total. The molecule has 1 atom stereocenters. The van der Waals surface area contributed by atoms with Crippen molar-refractivity contribution in [2.24, 2.45) is 0 Å². The fraction of sp³-hybridized carbons (Fsp3) is 0.545. The number of ether oxygens (including phenoxy) is 1. The summed E-state index contributed by atoms with van der Waals surface area (Å²) in [7, 11) is 1.62. The fourth-order valence-corrected chi connectivity index (χ4v) is 3.54. The maximum absolute atomic E-state index is 12.4. The Hall–Kier alpha value is -2.54. The van der Waals surface area contributed by atoms with Crippen LogP contribution in [0.1, 0.15) is 62.0 Å². The smallest absolute Gasteiger partial charge is 0.224 e. The monoisotopic (exact) mass is 397 g/mol. The summed E-state index contributed by atoms with van der Waals surface area (Å²) in [4.78, 5) is 28.3. The molecule has 0 radical (unpaired) electrons. The first-order valence-corrected chi connectivity index (χ1v) is 10.3. The summed E-state index contributed by atoms with van der Waals surface area (Å²) < 4.78 is 5.06. The van der Waals surface area contributed by atoms with E-state index in [1.54, 1.807) is 13.3 Å². The Morgan fingerprint density at radius 1 is 1.31 bits per heavy atom. The lowest BCUT2D eigenvalue weighted by Gasteiger charge is -2.33. The molecule has 156 valence electrons. The van der Waals surface area contributed by atoms with E-state index in [1.165, 1.54) is 0 Å². The molecule has 2 aromatic heterocycles. The molecule has 1 saturated heterocycles. The lowest BCUT2D eigenvalue weighted by atomic mass is 9.94. The van der Waals surface area contributed by atoms with Crippen LogP contribution in [0.4, 0.5) is 11.6 Å². The number of methoxy groups -OCH3 is 1. The second-order valence-corrected chi connectivity index (χ2v) is 7.96. The van der Waals surface area contributed by atoms with Gasteiger partial charge in [-0.15, -0.1) is 0 Å². The second-order valence-electron chi connectivity index (χ2n) is 7.96. The van der Waals surface area contributed by atoms with Gasteiger partial charge in [-0.05, 0) is 37.5 Å². The van der Waals surface area contributed by atoms with Crippen molar-refractivity contribution in [3.05, 3.63) is 41.5 Å². The van der Waals surface area contributed by atoms with Gasteiger partial charge in [0.1, 0.15) is 17.5 Å². The summed E-state index contributed by atoms with van der Waals surface area (Å²) in [5.41, 5.74) is 2.13. The Balaban J connectivity index is 1.82. The third-order valence-corrected chi connectivity index (χ3v) is 5.16. The number of rotatable bonds is 7. The van der Waals surface area contributed by atoms with Crippen LogP contribution in [-0.2, 0) is 9.53 Å². The van der Waals surface area contributed by atoms with Gasteiger partial charge in [0.15, 0.2) is 0 Å². The molecule has 1 aliphatic rings. The van der Waals surface area contributed by atoms with E-state index in [1.807, 2.05) is 30.0 Å². The highest BCUT2D eigenvalue weighted by molar-refractivity contribution is 5.76. The second kappa shape index (κ2) is 9.78. The van der Waals surface area contributed by atoms with Crippen LogP contribution in [0, 0.1) is 6.92 Å². The number of hydrogen-bond donors (Lipinski definition) is 1. The predicted octanol–water partition coefficient (Wildman–Crippen LogP) is 3.79. The largest absolute Gasteiger partial charge is 0.384 e. The molecule has 3 heterocycles. The van der Waals surface area contributed by atoms with Gasteiger partial charge >= 0.3 is 0 Å². The van der Waals surface area contributed by atoms with Crippen molar-refractivity contribution in [3.63, 3.8) is 0 Å². The fourth-order valence-electron chi connectivity index (χ4n) is 3.54. The average Bonchev–Trinajstić information content (AvgIpc) is 2.72. The number of anilines is 2. The number of amides is 1. The van der Waals surface area contributed by atoms with E-state index in [-0.39, 0.29) is 17.7 Å². The van der Waals surface area contributed by atoms with Crippen LogP contribution in [0.5, 0.6) is 0 Å². The Morgan fingerprint density at radius 2 is 2.14 bits per heavy atom. The van der Waals surface area contributed by atoms with Gasteiger partial charge in [0.05, 0.1) is 18.7 Å². The summed E-state index contributed by atoms with van der Waals surface area (Å²) in [6, 6.07) is 5.96. The molecule has 1 fully saturated rings. The number of pyridine rings is 1. The zero-order chi connectivity index (χ0) is 20.8. The standard InChI is InChI=1S/C22H31N5O2/c1-15(2)22-24-18(13-20(26-22)25-19-12-16(3)7-9-23-19)17-6-5-10-27(14-17)21(28)8-11-29-4/h7,9,12-13,15,17H,5-6,8,10-11,14H2,1-4H3,(H,23,24,25,26). The number of aryl methyl sites for hydroxylation is 1. The third-order valence-electron chi connectivity index (χ3n) is 5.16. The zero-order valence-electron chi connectivity index (χ0n) is 17.8. The molecule has 1 N–H and O–H groups in total. The first-order valence-electron chi connectivity index (χ1n) is 10.3. The first-order chi connectivity index (χ1) is 14.0. The van der Waals surface area contributed by atoms with E-state index >= 15 is 0 Å². The topological polar surface area (TPSA) is 80.2 Å². The first kappa shape index (κ1) is 21.2. The molecule has 0 aliphatic carbocycles. The normalized spacial score (nSPS) is 16.9. The number of aromatic nitrogens is 3. The number of hydrogen-bond acceptors (Lipinski definition) is 6. The van der Waals surface area contributed by atoms with Gasteiger partial charge in [-0.3, -0.25) is 4.79 Å². The Bertz CT molecular complexity index is 840. The Morgan fingerprint density at radius 3 is 2.86 bits per heavy atom. The number of likely N-dealkylation sites (tertiary alicyclic amines) is 1. The zero-order valence-corrected chi connectivity index (χ0v) is 17.8. The van der Waals surface area contributed by atoms with Crippen LogP contribution in [0.15, 0.2) is 24.4 Å². The van der Waals surface area contributed by atoms with Gasteiger partial charge in [0.2, 0.25) is 5.91 Å². The van der Waals surface area contributed by atoms with Crippen molar-refractivity contribution in [2.45, 2.75) is 51.9 Å². The number of piperidine rings is 1. The predicted molar refractivity (Wildman–Crippen MR) is 113 cm³/mol. The van der Waals surface area contributed by atoms with Crippen molar-refractivity contribution in [1.82, 2.24) is 19.9 Å². The van der Waals surface area contributed by atoms with Gasteiger partial charge < -0.3 is 15.0 Å². The average molecular weight is 398 g/mol. The minimum absolute atomic E-state index is 0.150. The summed E-state index contributed by atoms with van der Waals surface area (Å²) >= 11 is 0. The van der Waals surface area contributed by atoms with Crippen LogP contribution in [-0.4, -0.2) is 52.6 Å². The molecule has 0 bridgehead atoms. The van der Waals surface area contributed by atoms with Crippen LogP contribution in [0.2, 0.25) is 0 Å². The molecule has 1 aliphatic heterocycles. The van der Waals surface area contributed by atoms with Crippen molar-refractivity contribution in [3.8, 4) is 0 Å². The van der Waals surface area contributed by atoms with E-state index in [2.05, 4.69) is 29.1 Å². The van der Waals surface area contributed by atoms with Gasteiger partial charge in [-0.1, -0.05) is 13.8 Å². The molecule has 29 heavy (non-hydrogen) atoms. The molecule has 3 rings (SSSR count). The number of carbonyl (C=O) groups excluding carboxylic acids is 1. The molecule has 0 spiro atoms. The Kier molecular flexibility index (Phi) is 7.14. The molecular formula is C22H31N5O2. The van der Waals surface area contributed by atoms with Crippen LogP contribution in [0.25, 0.3) is 0 Å². The molecular weight excluding hydrogens is 366 g/mol. The molecule has 1 amide bonds. The number of nitrogens with one attached hydrogen (secondary N) is 1. The van der Waals surface area contributed by atoms with Crippen LogP contribution < -0.4 is 5.32 Å². The molecule has 1 unspecified atom stereocenters. The maximum atomic E-state index is 12.4. The van der Waals surface area contributed by atoms with E-state index in [0.29, 0.717) is 19.6 Å². The molecule has 0 aromatic carbocycles. The van der Waals surface area contributed by atoms with Crippen LogP contribution >= 0.6 is 0 Å². The van der Waals surface area contributed by atoms with E-state index < -0.39 is 0 Å². The lowest BCUT2D eigenvalue weighted by Crippen LogP contribution is -2.39. The molecule has 2 aromatic rings. The maximum Gasteiger partial charge on any atom is 0.224 e. The van der Waals surface area contributed by atoms with Gasteiger partial charge in [-0.25, -0.2) is 15.0 Å². The van der Waals surface area contributed by atoms with Gasteiger partial charge in [0, 0.05) is 44.3 Å². The number of nitrogens with zero attached hydrogens (tertiary/aromatic N) is 4.